The van der Waals surface area contributed by atoms with E-state index in [9.17, 15) is 8.42 Å². The molecule has 0 fully saturated rings. The van der Waals surface area contributed by atoms with Crippen LogP contribution >= 0.6 is 12.6 Å². The molecule has 0 amide bonds. The summed E-state index contributed by atoms with van der Waals surface area (Å²) in [6.07, 6.45) is 0. The lowest BCUT2D eigenvalue weighted by Gasteiger charge is -2.25. The third kappa shape index (κ3) is 4.36. The van der Waals surface area contributed by atoms with Gasteiger partial charge in [-0.1, -0.05) is 20.8 Å². The van der Waals surface area contributed by atoms with E-state index in [-0.39, 0.29) is 22.2 Å². The van der Waals surface area contributed by atoms with Crippen molar-refractivity contribution in [2.24, 2.45) is 5.41 Å². The van der Waals surface area contributed by atoms with Crippen LogP contribution in [0.2, 0.25) is 0 Å². The van der Waals surface area contributed by atoms with Crippen molar-refractivity contribution >= 4 is 22.5 Å². The number of hydrogen-bond donors (Lipinski definition) is 1. The fraction of sp³-hybridized carbons (Fsp3) is 0.875. The van der Waals surface area contributed by atoms with Gasteiger partial charge in [-0.3, -0.25) is 0 Å². The summed E-state index contributed by atoms with van der Waals surface area (Å²) in [6.45, 7) is 9.30. The van der Waals surface area contributed by atoms with Crippen LogP contribution in [0.3, 0.4) is 0 Å². The van der Waals surface area contributed by atoms with Crippen molar-refractivity contribution in [3.63, 3.8) is 0 Å². The molecule has 73 valence electrons. The van der Waals surface area contributed by atoms with Crippen molar-refractivity contribution in [1.29, 1.82) is 0 Å². The first-order valence-corrected chi connectivity index (χ1v) is 6.20. The summed E-state index contributed by atoms with van der Waals surface area (Å²) in [5.41, 5.74) is -0.0780. The van der Waals surface area contributed by atoms with E-state index in [0.717, 1.165) is 0 Å². The minimum atomic E-state index is -2.99. The van der Waals surface area contributed by atoms with Crippen molar-refractivity contribution in [3.8, 4) is 0 Å². The molecule has 2 nitrogen and oxygen atoms in total. The Kier molecular flexibility index (Phi) is 4.11. The Morgan fingerprint density at radius 2 is 1.83 bits per heavy atom. The highest BCUT2D eigenvalue weighted by Gasteiger charge is 2.25. The Bertz CT molecular complexity index is 224. The number of sulfone groups is 1. The first-order valence-electron chi connectivity index (χ1n) is 3.87. The summed E-state index contributed by atoms with van der Waals surface area (Å²) in [5, 5.41) is -0.121. The normalized spacial score (nSPS) is 16.1. The van der Waals surface area contributed by atoms with Gasteiger partial charge in [0.15, 0.2) is 9.84 Å². The Labute approximate surface area is 81.1 Å². The van der Waals surface area contributed by atoms with Gasteiger partial charge >= 0.3 is 0 Å². The average Bonchev–Trinajstić information content (AvgIpc) is 1.85. The molecule has 0 heterocycles. The highest BCUT2D eigenvalue weighted by atomic mass is 32.2. The van der Waals surface area contributed by atoms with Crippen LogP contribution < -0.4 is 0 Å². The average molecular weight is 209 g/mol. The molecule has 0 aromatic rings. The Balaban J connectivity index is 4.30. The maximum absolute atomic E-state index is 11.1. The van der Waals surface area contributed by atoms with Gasteiger partial charge in [-0.25, -0.2) is 8.42 Å². The predicted octanol–water partition coefficient (Wildman–Crippen LogP) is 1.58. The molecule has 0 N–H and O–H groups in total. The second-order valence-electron chi connectivity index (χ2n) is 4.00. The maximum atomic E-state index is 11.1. The topological polar surface area (TPSA) is 34.1 Å². The van der Waals surface area contributed by atoms with Crippen molar-refractivity contribution < 1.29 is 8.42 Å². The molecule has 0 bridgehead atoms. The lowest BCUT2D eigenvalue weighted by molar-refractivity contribution is 0.412. The molecule has 0 aliphatic rings. The van der Waals surface area contributed by atoms with E-state index >= 15 is 0 Å². The van der Waals surface area contributed by atoms with Crippen molar-refractivity contribution in [3.05, 3.63) is 6.92 Å². The molecule has 0 aliphatic carbocycles. The SMILES string of the molecule is [CH2]CS(=O)(=O)CC(S)C(C)(C)C. The highest BCUT2D eigenvalue weighted by Crippen LogP contribution is 2.25. The molecule has 0 saturated heterocycles. The third-order valence-electron chi connectivity index (χ3n) is 1.72. The molecule has 0 aromatic carbocycles. The van der Waals surface area contributed by atoms with Crippen LogP contribution in [0.4, 0.5) is 0 Å². The second-order valence-corrected chi connectivity index (χ2v) is 6.85. The van der Waals surface area contributed by atoms with Gasteiger partial charge in [-0.05, 0) is 12.3 Å². The van der Waals surface area contributed by atoms with Crippen LogP contribution in [0.5, 0.6) is 0 Å². The molecule has 1 radical (unpaired) electrons. The number of thiol groups is 1. The van der Waals surface area contributed by atoms with Gasteiger partial charge in [0.2, 0.25) is 0 Å². The zero-order valence-electron chi connectivity index (χ0n) is 7.87. The monoisotopic (exact) mass is 209 g/mol. The number of hydrogen-bond acceptors (Lipinski definition) is 3. The van der Waals surface area contributed by atoms with Gasteiger partial charge < -0.3 is 0 Å². The van der Waals surface area contributed by atoms with E-state index in [0.29, 0.717) is 0 Å². The van der Waals surface area contributed by atoms with E-state index in [1.807, 2.05) is 20.8 Å². The molecule has 12 heavy (non-hydrogen) atoms. The second kappa shape index (κ2) is 4.01. The van der Waals surface area contributed by atoms with Crippen molar-refractivity contribution in [1.82, 2.24) is 0 Å². The van der Waals surface area contributed by atoms with Crippen LogP contribution in [0.1, 0.15) is 20.8 Å². The lowest BCUT2D eigenvalue weighted by Crippen LogP contribution is -2.29. The van der Waals surface area contributed by atoms with E-state index in [1.165, 1.54) is 0 Å². The maximum Gasteiger partial charge on any atom is 0.151 e. The molecule has 1 atom stereocenters. The van der Waals surface area contributed by atoms with Crippen LogP contribution in [0, 0.1) is 12.3 Å². The Hall–Kier alpha value is 0.300. The fourth-order valence-corrected chi connectivity index (χ4v) is 2.40. The Morgan fingerprint density at radius 1 is 1.42 bits per heavy atom. The summed E-state index contributed by atoms with van der Waals surface area (Å²) in [6, 6.07) is 0. The van der Waals surface area contributed by atoms with Gasteiger partial charge in [0.25, 0.3) is 0 Å². The van der Waals surface area contributed by atoms with Gasteiger partial charge in [0.05, 0.1) is 11.5 Å². The standard InChI is InChI=1S/C8H17O2S2/c1-5-12(9,10)6-7(11)8(2,3)4/h7,11H,1,5-6H2,2-4H3. The molecule has 0 rings (SSSR count). The molecule has 1 unspecified atom stereocenters. The van der Waals surface area contributed by atoms with E-state index in [1.54, 1.807) is 0 Å². The molecular weight excluding hydrogens is 192 g/mol. The Morgan fingerprint density at radius 3 is 2.08 bits per heavy atom. The lowest BCUT2D eigenvalue weighted by atomic mass is 9.93. The zero-order valence-corrected chi connectivity index (χ0v) is 9.58. The third-order valence-corrected chi connectivity index (χ3v) is 4.39. The smallest absolute Gasteiger partial charge is 0.151 e. The summed E-state index contributed by atoms with van der Waals surface area (Å²) in [4.78, 5) is 0. The minimum Gasteiger partial charge on any atom is -0.229 e. The molecule has 4 heteroatoms. The van der Waals surface area contributed by atoms with E-state index < -0.39 is 9.84 Å². The minimum absolute atomic E-state index is 0.0415. The highest BCUT2D eigenvalue weighted by molar-refractivity contribution is 7.92. The van der Waals surface area contributed by atoms with Gasteiger partial charge in [-0.15, -0.1) is 0 Å². The summed E-state index contributed by atoms with van der Waals surface area (Å²) in [5.74, 6) is 0.0727. The number of rotatable bonds is 3. The molecule has 0 aliphatic heterocycles. The van der Waals surface area contributed by atoms with Gasteiger partial charge in [0, 0.05) is 5.25 Å². The molecular formula is C8H17O2S2. The van der Waals surface area contributed by atoms with Crippen LogP contribution in [-0.4, -0.2) is 25.2 Å². The molecule has 0 aromatic heterocycles. The predicted molar refractivity (Wildman–Crippen MR) is 56.2 cm³/mol. The van der Waals surface area contributed by atoms with Crippen LogP contribution in [0.15, 0.2) is 0 Å². The van der Waals surface area contributed by atoms with Crippen molar-refractivity contribution in [2.75, 3.05) is 11.5 Å². The largest absolute Gasteiger partial charge is 0.229 e. The molecule has 0 spiro atoms. The van der Waals surface area contributed by atoms with E-state index in [2.05, 4.69) is 19.6 Å². The van der Waals surface area contributed by atoms with Crippen molar-refractivity contribution in [2.45, 2.75) is 26.0 Å². The van der Waals surface area contributed by atoms with Crippen LogP contribution in [0.25, 0.3) is 0 Å². The summed E-state index contributed by atoms with van der Waals surface area (Å²) >= 11 is 4.25. The summed E-state index contributed by atoms with van der Waals surface area (Å²) < 4.78 is 22.3. The fourth-order valence-electron chi connectivity index (χ4n) is 0.574. The zero-order chi connectivity index (χ0) is 9.99. The quantitative estimate of drug-likeness (QED) is 0.716. The first kappa shape index (κ1) is 12.3. The first-order chi connectivity index (χ1) is 5.19. The van der Waals surface area contributed by atoms with E-state index in [4.69, 9.17) is 0 Å². The van der Waals surface area contributed by atoms with Crippen LogP contribution in [-0.2, 0) is 9.84 Å². The molecule has 0 saturated carbocycles. The van der Waals surface area contributed by atoms with Gasteiger partial charge in [0.1, 0.15) is 0 Å². The van der Waals surface area contributed by atoms with Gasteiger partial charge in [-0.2, -0.15) is 12.6 Å². The summed E-state index contributed by atoms with van der Waals surface area (Å²) in [7, 11) is -2.99.